The summed E-state index contributed by atoms with van der Waals surface area (Å²) in [4.78, 5) is 12.7. The molecule has 5 nitrogen and oxygen atoms in total. The van der Waals surface area contributed by atoms with E-state index in [1.54, 1.807) is 0 Å². The van der Waals surface area contributed by atoms with Gasteiger partial charge in [-0.1, -0.05) is 71.8 Å². The lowest BCUT2D eigenvalue weighted by Gasteiger charge is -2.22. The standard InChI is InChI=1S/C24H25ClN2O3S/c1-19-7-9-21(10-8-19)17-26-24(28)18-27(16-15-20-5-3-2-4-6-20)31(29,30)23-13-11-22(25)12-14-23/h2-14H,15-18H2,1H3,(H,26,28). The highest BCUT2D eigenvalue weighted by atomic mass is 35.5. The molecule has 0 saturated heterocycles. The number of sulfonamides is 1. The van der Waals surface area contributed by atoms with Crippen molar-refractivity contribution in [1.82, 2.24) is 9.62 Å². The van der Waals surface area contributed by atoms with Crippen molar-refractivity contribution in [2.24, 2.45) is 0 Å². The molecule has 162 valence electrons. The minimum Gasteiger partial charge on any atom is -0.351 e. The Morgan fingerprint density at radius 1 is 0.903 bits per heavy atom. The highest BCUT2D eigenvalue weighted by Crippen LogP contribution is 2.19. The number of hydrogen-bond donors (Lipinski definition) is 1. The van der Waals surface area contributed by atoms with E-state index in [2.05, 4.69) is 5.32 Å². The van der Waals surface area contributed by atoms with Crippen LogP contribution in [-0.2, 0) is 27.8 Å². The Labute approximate surface area is 188 Å². The highest BCUT2D eigenvalue weighted by Gasteiger charge is 2.26. The number of carbonyl (C=O) groups excluding carboxylic acids is 1. The van der Waals surface area contributed by atoms with E-state index in [0.29, 0.717) is 18.0 Å². The van der Waals surface area contributed by atoms with Gasteiger partial charge in [0.05, 0.1) is 11.4 Å². The van der Waals surface area contributed by atoms with Crippen LogP contribution >= 0.6 is 11.6 Å². The molecule has 0 saturated carbocycles. The van der Waals surface area contributed by atoms with Crippen LogP contribution in [-0.4, -0.2) is 31.7 Å². The molecule has 7 heteroatoms. The molecule has 0 heterocycles. The third kappa shape index (κ3) is 6.66. The molecule has 0 aliphatic heterocycles. The van der Waals surface area contributed by atoms with Gasteiger partial charge in [-0.25, -0.2) is 8.42 Å². The number of nitrogens with one attached hydrogen (secondary N) is 1. The first-order valence-electron chi connectivity index (χ1n) is 9.96. The van der Waals surface area contributed by atoms with Gasteiger partial charge < -0.3 is 5.32 Å². The van der Waals surface area contributed by atoms with Gasteiger partial charge in [-0.15, -0.1) is 0 Å². The van der Waals surface area contributed by atoms with E-state index in [1.807, 2.05) is 61.5 Å². The van der Waals surface area contributed by atoms with Crippen molar-refractivity contribution in [3.05, 3.63) is 101 Å². The van der Waals surface area contributed by atoms with Crippen molar-refractivity contribution < 1.29 is 13.2 Å². The van der Waals surface area contributed by atoms with Crippen LogP contribution in [0.1, 0.15) is 16.7 Å². The molecule has 0 radical (unpaired) electrons. The Kier molecular flexibility index (Phi) is 7.85. The van der Waals surface area contributed by atoms with E-state index in [0.717, 1.165) is 16.7 Å². The Morgan fingerprint density at radius 2 is 1.55 bits per heavy atom. The summed E-state index contributed by atoms with van der Waals surface area (Å²) in [5, 5.41) is 3.26. The van der Waals surface area contributed by atoms with Crippen LogP contribution in [0.5, 0.6) is 0 Å². The lowest BCUT2D eigenvalue weighted by Crippen LogP contribution is -2.41. The fourth-order valence-corrected chi connectivity index (χ4v) is 4.58. The summed E-state index contributed by atoms with van der Waals surface area (Å²) < 4.78 is 27.6. The topological polar surface area (TPSA) is 66.5 Å². The molecule has 1 N–H and O–H groups in total. The molecule has 0 bridgehead atoms. The summed E-state index contributed by atoms with van der Waals surface area (Å²) in [5.74, 6) is -0.355. The number of rotatable bonds is 9. The van der Waals surface area contributed by atoms with Crippen molar-refractivity contribution in [1.29, 1.82) is 0 Å². The highest BCUT2D eigenvalue weighted by molar-refractivity contribution is 7.89. The van der Waals surface area contributed by atoms with Crippen LogP contribution in [0.2, 0.25) is 5.02 Å². The molecular weight excluding hydrogens is 432 g/mol. The molecular formula is C24H25ClN2O3S. The van der Waals surface area contributed by atoms with Gasteiger partial charge in [0.25, 0.3) is 0 Å². The molecule has 0 fully saturated rings. The van der Waals surface area contributed by atoms with E-state index >= 15 is 0 Å². The molecule has 0 aromatic heterocycles. The van der Waals surface area contributed by atoms with Crippen molar-refractivity contribution in [2.75, 3.05) is 13.1 Å². The van der Waals surface area contributed by atoms with Crippen molar-refractivity contribution in [3.8, 4) is 0 Å². The number of hydrogen-bond acceptors (Lipinski definition) is 3. The lowest BCUT2D eigenvalue weighted by molar-refractivity contribution is -0.121. The number of carbonyl (C=O) groups is 1. The number of amides is 1. The summed E-state index contributed by atoms with van der Waals surface area (Å²) in [7, 11) is -3.86. The summed E-state index contributed by atoms with van der Waals surface area (Å²) in [6.07, 6.45) is 0.499. The Balaban J connectivity index is 1.73. The molecule has 3 aromatic carbocycles. The zero-order valence-corrected chi connectivity index (χ0v) is 18.9. The summed E-state index contributed by atoms with van der Waals surface area (Å²) in [6.45, 7) is 2.26. The molecule has 3 aromatic rings. The van der Waals surface area contributed by atoms with Crippen LogP contribution < -0.4 is 5.32 Å². The van der Waals surface area contributed by atoms with E-state index in [-0.39, 0.29) is 23.9 Å². The zero-order chi connectivity index (χ0) is 22.3. The third-order valence-corrected chi connectivity index (χ3v) is 6.99. The maximum absolute atomic E-state index is 13.2. The predicted molar refractivity (Wildman–Crippen MR) is 123 cm³/mol. The molecule has 0 atom stereocenters. The second-order valence-corrected chi connectivity index (χ2v) is 9.66. The van der Waals surface area contributed by atoms with Gasteiger partial charge in [-0.2, -0.15) is 4.31 Å². The molecule has 0 aliphatic carbocycles. The predicted octanol–water partition coefficient (Wildman–Crippen LogP) is 4.20. The minimum atomic E-state index is -3.86. The number of aryl methyl sites for hydroxylation is 1. The van der Waals surface area contributed by atoms with Crippen LogP contribution in [0.4, 0.5) is 0 Å². The van der Waals surface area contributed by atoms with Crippen molar-refractivity contribution >= 4 is 27.5 Å². The average Bonchev–Trinajstić information content (AvgIpc) is 2.77. The van der Waals surface area contributed by atoms with Gasteiger partial charge in [0, 0.05) is 18.1 Å². The van der Waals surface area contributed by atoms with Gasteiger partial charge in [-0.3, -0.25) is 4.79 Å². The van der Waals surface area contributed by atoms with Gasteiger partial charge in [-0.05, 0) is 48.7 Å². The first-order chi connectivity index (χ1) is 14.8. The lowest BCUT2D eigenvalue weighted by atomic mass is 10.1. The van der Waals surface area contributed by atoms with Gasteiger partial charge in [0.15, 0.2) is 0 Å². The van der Waals surface area contributed by atoms with Gasteiger partial charge in [0.1, 0.15) is 0 Å². The fourth-order valence-electron chi connectivity index (χ4n) is 3.06. The average molecular weight is 457 g/mol. The van der Waals surface area contributed by atoms with E-state index in [4.69, 9.17) is 11.6 Å². The Hall–Kier alpha value is -2.67. The molecule has 1 amide bonds. The second-order valence-electron chi connectivity index (χ2n) is 7.29. The van der Waals surface area contributed by atoms with Gasteiger partial charge >= 0.3 is 0 Å². The first kappa shape index (κ1) is 23.0. The summed E-state index contributed by atoms with van der Waals surface area (Å²) in [6, 6.07) is 23.4. The van der Waals surface area contributed by atoms with E-state index in [1.165, 1.54) is 28.6 Å². The van der Waals surface area contributed by atoms with E-state index < -0.39 is 10.0 Å². The van der Waals surface area contributed by atoms with Crippen LogP contribution in [0.3, 0.4) is 0 Å². The maximum Gasteiger partial charge on any atom is 0.243 e. The summed E-state index contributed by atoms with van der Waals surface area (Å²) >= 11 is 5.90. The fraction of sp³-hybridized carbons (Fsp3) is 0.208. The molecule has 31 heavy (non-hydrogen) atoms. The SMILES string of the molecule is Cc1ccc(CNC(=O)CN(CCc2ccccc2)S(=O)(=O)c2ccc(Cl)cc2)cc1. The number of benzene rings is 3. The van der Waals surface area contributed by atoms with Gasteiger partial charge in [0.2, 0.25) is 15.9 Å². The monoisotopic (exact) mass is 456 g/mol. The first-order valence-corrected chi connectivity index (χ1v) is 11.8. The largest absolute Gasteiger partial charge is 0.351 e. The Bertz CT molecular complexity index is 1100. The molecule has 0 unspecified atom stereocenters. The molecule has 0 spiro atoms. The minimum absolute atomic E-state index is 0.108. The Morgan fingerprint density at radius 3 is 2.19 bits per heavy atom. The van der Waals surface area contributed by atoms with Crippen LogP contribution in [0.15, 0.2) is 83.8 Å². The second kappa shape index (κ2) is 10.6. The number of nitrogens with zero attached hydrogens (tertiary/aromatic N) is 1. The molecule has 0 aliphatic rings. The zero-order valence-electron chi connectivity index (χ0n) is 17.3. The maximum atomic E-state index is 13.2. The quantitative estimate of drug-likeness (QED) is 0.524. The number of halogens is 1. The van der Waals surface area contributed by atoms with Crippen LogP contribution in [0.25, 0.3) is 0 Å². The summed E-state index contributed by atoms with van der Waals surface area (Å²) in [5.41, 5.74) is 3.09. The normalized spacial score (nSPS) is 11.5. The van der Waals surface area contributed by atoms with E-state index in [9.17, 15) is 13.2 Å². The van der Waals surface area contributed by atoms with Crippen molar-refractivity contribution in [3.63, 3.8) is 0 Å². The van der Waals surface area contributed by atoms with Crippen molar-refractivity contribution in [2.45, 2.75) is 24.8 Å². The smallest absolute Gasteiger partial charge is 0.243 e. The van der Waals surface area contributed by atoms with Crippen LogP contribution in [0, 0.1) is 6.92 Å². The molecule has 3 rings (SSSR count). The third-order valence-electron chi connectivity index (χ3n) is 4.87.